The molecular weight excluding hydrogens is 385 g/mol. The number of hydrogen-bond acceptors (Lipinski definition) is 2. The van der Waals surface area contributed by atoms with E-state index in [0.29, 0.717) is 11.3 Å². The molecule has 0 amide bonds. The Balaban J connectivity index is 1.98. The van der Waals surface area contributed by atoms with Gasteiger partial charge in [-0.25, -0.2) is 4.39 Å². The fraction of sp³-hybridized carbons (Fsp3) is 0.250. The fourth-order valence-corrected chi connectivity index (χ4v) is 4.20. The number of halogens is 1. The molecule has 1 heterocycles. The van der Waals surface area contributed by atoms with E-state index in [2.05, 4.69) is 45.6 Å². The van der Waals surface area contributed by atoms with E-state index in [-0.39, 0.29) is 17.3 Å². The van der Waals surface area contributed by atoms with Crippen LogP contribution in [0.4, 0.5) is 4.39 Å². The monoisotopic (exact) mass is 413 g/mol. The number of nitrogens with zero attached hydrogens (tertiary/aromatic N) is 1. The van der Waals surface area contributed by atoms with Crippen molar-refractivity contribution in [1.82, 2.24) is 0 Å². The summed E-state index contributed by atoms with van der Waals surface area (Å²) in [6, 6.07) is 10.8. The quantitative estimate of drug-likeness (QED) is 0.633. The average molecular weight is 414 g/mol. The van der Waals surface area contributed by atoms with Crippen molar-refractivity contribution in [2.75, 3.05) is 7.11 Å². The molecule has 3 heteroatoms. The molecule has 1 unspecified atom stereocenters. The Bertz CT molecular complexity index is 1250. The van der Waals surface area contributed by atoms with Crippen molar-refractivity contribution in [3.8, 4) is 16.9 Å². The van der Waals surface area contributed by atoms with Crippen LogP contribution in [-0.4, -0.2) is 13.2 Å². The number of benzene rings is 2. The van der Waals surface area contributed by atoms with Gasteiger partial charge in [-0.2, -0.15) is 0 Å². The standard InChI is InChI=1S/C28H28FNO/c1-18-9-8-10-19(14-13-18)25-17-23(28(2,3)4)22-15-20(16-26(31-5)27(22)30-25)21-11-6-7-12-24(21)29/h6-16,25H,1,17H2,2-5H3. The smallest absolute Gasteiger partial charge is 0.145 e. The van der Waals surface area contributed by atoms with Gasteiger partial charge in [0.2, 0.25) is 0 Å². The van der Waals surface area contributed by atoms with Gasteiger partial charge in [-0.1, -0.05) is 81.5 Å². The second-order valence-corrected chi connectivity index (χ2v) is 9.07. The summed E-state index contributed by atoms with van der Waals surface area (Å²) in [5, 5.41) is 1.88. The van der Waals surface area contributed by atoms with Crippen molar-refractivity contribution in [3.63, 3.8) is 0 Å². The van der Waals surface area contributed by atoms with Crippen LogP contribution in [0.3, 0.4) is 0 Å². The van der Waals surface area contributed by atoms with Gasteiger partial charge in [0.1, 0.15) is 16.9 Å². The Kier molecular flexibility index (Phi) is 5.53. The second-order valence-electron chi connectivity index (χ2n) is 9.07. The summed E-state index contributed by atoms with van der Waals surface area (Å²) >= 11 is 0. The Labute approximate surface area is 183 Å². The molecule has 0 N–H and O–H groups in total. The van der Waals surface area contributed by atoms with E-state index in [0.717, 1.165) is 33.7 Å². The fourth-order valence-electron chi connectivity index (χ4n) is 4.20. The van der Waals surface area contributed by atoms with Gasteiger partial charge in [0.25, 0.3) is 0 Å². The number of fused-ring (bicyclic) bond motifs is 1. The minimum absolute atomic E-state index is 0.0123. The highest BCUT2D eigenvalue weighted by Crippen LogP contribution is 2.34. The summed E-state index contributed by atoms with van der Waals surface area (Å²) < 4.78 is 20.3. The molecule has 2 aromatic rings. The van der Waals surface area contributed by atoms with Gasteiger partial charge >= 0.3 is 0 Å². The number of ether oxygens (including phenoxy) is 1. The first kappa shape index (κ1) is 21.0. The van der Waals surface area contributed by atoms with Gasteiger partial charge in [0.05, 0.1) is 13.2 Å². The first-order valence-electron chi connectivity index (χ1n) is 10.6. The van der Waals surface area contributed by atoms with Crippen LogP contribution in [0.5, 0.6) is 5.75 Å². The van der Waals surface area contributed by atoms with E-state index in [4.69, 9.17) is 9.73 Å². The zero-order valence-electron chi connectivity index (χ0n) is 18.6. The minimum Gasteiger partial charge on any atom is -0.494 e. The van der Waals surface area contributed by atoms with Crippen molar-refractivity contribution >= 4 is 5.57 Å². The zero-order valence-corrected chi connectivity index (χ0v) is 18.6. The molecular formula is C28H28FNO. The topological polar surface area (TPSA) is 21.6 Å². The SMILES string of the molecule is C=C1C=CC=C(C2CC(C(C)(C)C)=c3cc(-c4ccccc4F)cc(OC)c3=N2)C=C1. The third kappa shape index (κ3) is 4.18. The van der Waals surface area contributed by atoms with Gasteiger partial charge < -0.3 is 4.74 Å². The third-order valence-electron chi connectivity index (χ3n) is 5.87. The maximum atomic E-state index is 14.5. The van der Waals surface area contributed by atoms with Gasteiger partial charge in [-0.3, -0.25) is 4.99 Å². The highest BCUT2D eigenvalue weighted by atomic mass is 19.1. The largest absolute Gasteiger partial charge is 0.494 e. The van der Waals surface area contributed by atoms with Crippen LogP contribution in [0.15, 0.2) is 89.5 Å². The lowest BCUT2D eigenvalue weighted by molar-refractivity contribution is 0.406. The van der Waals surface area contributed by atoms with Crippen molar-refractivity contribution in [1.29, 1.82) is 0 Å². The molecule has 1 aliphatic carbocycles. The summed E-state index contributed by atoms with van der Waals surface area (Å²) in [7, 11) is 1.65. The molecule has 0 saturated heterocycles. The average Bonchev–Trinajstić information content (AvgIpc) is 2.96. The van der Waals surface area contributed by atoms with Gasteiger partial charge in [-0.15, -0.1) is 0 Å². The van der Waals surface area contributed by atoms with Gasteiger partial charge in [0.15, 0.2) is 0 Å². The van der Waals surface area contributed by atoms with E-state index in [1.165, 1.54) is 11.6 Å². The summed E-state index contributed by atoms with van der Waals surface area (Å²) in [5.74, 6) is 0.425. The molecule has 2 aromatic carbocycles. The molecule has 2 aliphatic rings. The summed E-state index contributed by atoms with van der Waals surface area (Å²) in [6.45, 7) is 10.7. The molecule has 158 valence electrons. The molecule has 0 radical (unpaired) electrons. The maximum absolute atomic E-state index is 14.5. The molecule has 0 saturated carbocycles. The van der Waals surface area contributed by atoms with Crippen LogP contribution >= 0.6 is 0 Å². The van der Waals surface area contributed by atoms with E-state index in [9.17, 15) is 4.39 Å². The summed E-state index contributed by atoms with van der Waals surface area (Å²) in [4.78, 5) is 5.10. The molecule has 1 aliphatic heterocycles. The van der Waals surface area contributed by atoms with E-state index >= 15 is 0 Å². The van der Waals surface area contributed by atoms with Crippen LogP contribution in [-0.2, 0) is 0 Å². The van der Waals surface area contributed by atoms with Crippen LogP contribution < -0.4 is 15.3 Å². The Hall–Kier alpha value is -3.20. The molecule has 31 heavy (non-hydrogen) atoms. The molecule has 0 aromatic heterocycles. The van der Waals surface area contributed by atoms with E-state index in [1.807, 2.05) is 30.4 Å². The van der Waals surface area contributed by atoms with E-state index < -0.39 is 0 Å². The van der Waals surface area contributed by atoms with Crippen LogP contribution in [0.2, 0.25) is 0 Å². The first-order valence-corrected chi connectivity index (χ1v) is 10.6. The van der Waals surface area contributed by atoms with Crippen LogP contribution in [0.1, 0.15) is 27.2 Å². The van der Waals surface area contributed by atoms with E-state index in [1.54, 1.807) is 19.2 Å². The van der Waals surface area contributed by atoms with Crippen LogP contribution in [0.25, 0.3) is 16.7 Å². The van der Waals surface area contributed by atoms with Crippen molar-refractivity contribution < 1.29 is 9.13 Å². The van der Waals surface area contributed by atoms with Crippen molar-refractivity contribution in [2.45, 2.75) is 33.2 Å². The van der Waals surface area contributed by atoms with Gasteiger partial charge in [-0.05, 0) is 46.7 Å². The Morgan fingerprint density at radius 1 is 1.10 bits per heavy atom. The highest BCUT2D eigenvalue weighted by molar-refractivity contribution is 5.68. The summed E-state index contributed by atoms with van der Waals surface area (Å²) in [6.07, 6.45) is 11.1. The third-order valence-corrected chi connectivity index (χ3v) is 5.87. The number of rotatable bonds is 3. The predicted molar refractivity (Wildman–Crippen MR) is 126 cm³/mol. The van der Waals surface area contributed by atoms with Gasteiger partial charge in [0, 0.05) is 10.8 Å². The number of methoxy groups -OCH3 is 1. The van der Waals surface area contributed by atoms with Crippen molar-refractivity contribution in [2.24, 2.45) is 10.4 Å². The lowest BCUT2D eigenvalue weighted by atomic mass is 9.78. The molecule has 0 fully saturated rings. The lowest BCUT2D eigenvalue weighted by Crippen LogP contribution is -2.39. The van der Waals surface area contributed by atoms with Crippen molar-refractivity contribution in [3.05, 3.63) is 101 Å². The predicted octanol–water partition coefficient (Wildman–Crippen LogP) is 5.70. The molecule has 0 bridgehead atoms. The maximum Gasteiger partial charge on any atom is 0.145 e. The summed E-state index contributed by atoms with van der Waals surface area (Å²) in [5.41, 5.74) is 4.70. The zero-order chi connectivity index (χ0) is 22.2. The molecule has 2 nitrogen and oxygen atoms in total. The Morgan fingerprint density at radius 3 is 2.58 bits per heavy atom. The molecule has 4 rings (SSSR count). The van der Waals surface area contributed by atoms with Crippen LogP contribution in [0, 0.1) is 11.2 Å². The number of allylic oxidation sites excluding steroid dienone is 5. The number of hydrogen-bond donors (Lipinski definition) is 0. The normalized spacial score (nSPS) is 18.2. The molecule has 1 atom stereocenters. The minimum atomic E-state index is -0.242. The second kappa shape index (κ2) is 8.14. The highest BCUT2D eigenvalue weighted by Gasteiger charge is 2.27. The molecule has 0 spiro atoms. The lowest BCUT2D eigenvalue weighted by Gasteiger charge is -2.30. The first-order chi connectivity index (χ1) is 14.8. The Morgan fingerprint density at radius 2 is 1.87 bits per heavy atom.